The molecular formula is C21H32N2O2. The van der Waals surface area contributed by atoms with E-state index in [0.29, 0.717) is 18.4 Å². The molecule has 4 heteroatoms. The molecule has 1 atom stereocenters. The fourth-order valence-corrected chi connectivity index (χ4v) is 3.94. The standard InChI is InChI=1S/C21H32N2O2/c1-18-5-7-19(8-6-18)9-10-21(24)23-12-3-2-4-20(23)11-13-22-14-16-25-17-15-22/h5-8,20H,2-4,9-17H2,1H3. The van der Waals surface area contributed by atoms with Crippen LogP contribution in [0.3, 0.4) is 0 Å². The molecule has 2 aliphatic heterocycles. The summed E-state index contributed by atoms with van der Waals surface area (Å²) in [5, 5.41) is 0. The van der Waals surface area contributed by atoms with Crippen molar-refractivity contribution in [3.05, 3.63) is 35.4 Å². The van der Waals surface area contributed by atoms with E-state index in [4.69, 9.17) is 4.74 Å². The molecule has 2 aliphatic rings. The lowest BCUT2D eigenvalue weighted by atomic mass is 9.97. The summed E-state index contributed by atoms with van der Waals surface area (Å²) in [6.45, 7) is 7.91. The van der Waals surface area contributed by atoms with Crippen molar-refractivity contribution in [2.45, 2.75) is 51.5 Å². The minimum absolute atomic E-state index is 0.340. The van der Waals surface area contributed by atoms with Crippen LogP contribution in [0.15, 0.2) is 24.3 Å². The maximum Gasteiger partial charge on any atom is 0.223 e. The molecule has 2 heterocycles. The van der Waals surface area contributed by atoms with Crippen molar-refractivity contribution in [2.75, 3.05) is 39.4 Å². The second-order valence-electron chi connectivity index (χ2n) is 7.47. The minimum atomic E-state index is 0.340. The van der Waals surface area contributed by atoms with Crippen molar-refractivity contribution in [1.82, 2.24) is 9.80 Å². The Morgan fingerprint density at radius 2 is 1.88 bits per heavy atom. The molecule has 2 fully saturated rings. The quantitative estimate of drug-likeness (QED) is 0.795. The van der Waals surface area contributed by atoms with E-state index in [1.807, 2.05) is 0 Å². The van der Waals surface area contributed by atoms with E-state index in [9.17, 15) is 4.79 Å². The first-order chi connectivity index (χ1) is 12.2. The number of morpholine rings is 1. The summed E-state index contributed by atoms with van der Waals surface area (Å²) in [6.07, 6.45) is 6.18. The van der Waals surface area contributed by atoms with Crippen LogP contribution in [-0.4, -0.2) is 61.1 Å². The highest BCUT2D eigenvalue weighted by Gasteiger charge is 2.26. The molecule has 25 heavy (non-hydrogen) atoms. The van der Waals surface area contributed by atoms with E-state index in [1.54, 1.807) is 0 Å². The Morgan fingerprint density at radius 3 is 2.64 bits per heavy atom. The number of amides is 1. The van der Waals surface area contributed by atoms with Gasteiger partial charge in [-0.05, 0) is 44.6 Å². The second-order valence-corrected chi connectivity index (χ2v) is 7.47. The summed E-state index contributed by atoms with van der Waals surface area (Å²) < 4.78 is 5.43. The zero-order valence-corrected chi connectivity index (χ0v) is 15.6. The molecule has 1 amide bonds. The molecule has 0 spiro atoms. The van der Waals surface area contributed by atoms with Crippen molar-refractivity contribution in [3.8, 4) is 0 Å². The monoisotopic (exact) mass is 344 g/mol. The molecule has 1 aromatic carbocycles. The van der Waals surface area contributed by atoms with Crippen LogP contribution in [-0.2, 0) is 16.0 Å². The van der Waals surface area contributed by atoms with Gasteiger partial charge in [0.15, 0.2) is 0 Å². The van der Waals surface area contributed by atoms with Crippen LogP contribution in [0.5, 0.6) is 0 Å². The Kier molecular flexibility index (Phi) is 6.88. The summed E-state index contributed by atoms with van der Waals surface area (Å²) in [7, 11) is 0. The van der Waals surface area contributed by atoms with Gasteiger partial charge in [0.05, 0.1) is 13.2 Å². The number of carbonyl (C=O) groups is 1. The third-order valence-corrected chi connectivity index (χ3v) is 5.58. The van der Waals surface area contributed by atoms with Crippen LogP contribution in [0.2, 0.25) is 0 Å². The molecule has 0 N–H and O–H groups in total. The molecule has 3 rings (SSSR count). The zero-order valence-electron chi connectivity index (χ0n) is 15.6. The predicted octanol–water partition coefficient (Wildman–Crippen LogP) is 3.03. The minimum Gasteiger partial charge on any atom is -0.379 e. The SMILES string of the molecule is Cc1ccc(CCC(=O)N2CCCCC2CCN2CCOCC2)cc1. The highest BCUT2D eigenvalue weighted by atomic mass is 16.5. The van der Waals surface area contributed by atoms with Crippen molar-refractivity contribution in [1.29, 1.82) is 0 Å². The third kappa shape index (κ3) is 5.55. The number of carbonyl (C=O) groups excluding carboxylic acids is 1. The van der Waals surface area contributed by atoms with Gasteiger partial charge in [0.1, 0.15) is 0 Å². The lowest BCUT2D eigenvalue weighted by Crippen LogP contribution is -2.46. The van der Waals surface area contributed by atoms with E-state index < -0.39 is 0 Å². The number of piperidine rings is 1. The summed E-state index contributed by atoms with van der Waals surface area (Å²) in [5.41, 5.74) is 2.54. The molecule has 2 saturated heterocycles. The number of aryl methyl sites for hydroxylation is 2. The third-order valence-electron chi connectivity index (χ3n) is 5.58. The van der Waals surface area contributed by atoms with Gasteiger partial charge < -0.3 is 9.64 Å². The van der Waals surface area contributed by atoms with Gasteiger partial charge in [-0.1, -0.05) is 29.8 Å². The van der Waals surface area contributed by atoms with Crippen LogP contribution in [0.25, 0.3) is 0 Å². The highest BCUT2D eigenvalue weighted by Crippen LogP contribution is 2.22. The van der Waals surface area contributed by atoms with Gasteiger partial charge in [-0.25, -0.2) is 0 Å². The van der Waals surface area contributed by atoms with Gasteiger partial charge in [-0.15, -0.1) is 0 Å². The van der Waals surface area contributed by atoms with E-state index in [-0.39, 0.29) is 0 Å². The molecule has 1 unspecified atom stereocenters. The largest absolute Gasteiger partial charge is 0.379 e. The molecular weight excluding hydrogens is 312 g/mol. The molecule has 0 aliphatic carbocycles. The van der Waals surface area contributed by atoms with Gasteiger partial charge in [0.2, 0.25) is 5.91 Å². The lowest BCUT2D eigenvalue weighted by Gasteiger charge is -2.37. The number of benzene rings is 1. The lowest BCUT2D eigenvalue weighted by molar-refractivity contribution is -0.135. The first-order valence-corrected chi connectivity index (χ1v) is 9.87. The maximum absolute atomic E-state index is 12.8. The first-order valence-electron chi connectivity index (χ1n) is 9.87. The fraction of sp³-hybridized carbons (Fsp3) is 0.667. The van der Waals surface area contributed by atoms with Crippen molar-refractivity contribution in [2.24, 2.45) is 0 Å². The number of nitrogens with zero attached hydrogens (tertiary/aromatic N) is 2. The van der Waals surface area contributed by atoms with E-state index in [0.717, 1.165) is 58.7 Å². The van der Waals surface area contributed by atoms with Crippen LogP contribution in [0.1, 0.15) is 43.2 Å². The zero-order chi connectivity index (χ0) is 17.5. The van der Waals surface area contributed by atoms with Gasteiger partial charge in [-0.2, -0.15) is 0 Å². The molecule has 4 nitrogen and oxygen atoms in total. The molecule has 1 aromatic rings. The van der Waals surface area contributed by atoms with Gasteiger partial charge in [0, 0.05) is 38.6 Å². The number of hydrogen-bond acceptors (Lipinski definition) is 3. The van der Waals surface area contributed by atoms with Crippen LogP contribution < -0.4 is 0 Å². The Morgan fingerprint density at radius 1 is 1.12 bits per heavy atom. The van der Waals surface area contributed by atoms with Crippen LogP contribution in [0, 0.1) is 6.92 Å². The summed E-state index contributed by atoms with van der Waals surface area (Å²) in [6, 6.07) is 8.99. The first kappa shape index (κ1) is 18.4. The Labute approximate surface area is 152 Å². The van der Waals surface area contributed by atoms with Gasteiger partial charge in [0.25, 0.3) is 0 Å². The van der Waals surface area contributed by atoms with Crippen molar-refractivity contribution in [3.63, 3.8) is 0 Å². The number of likely N-dealkylation sites (tertiary alicyclic amines) is 1. The van der Waals surface area contributed by atoms with E-state index in [1.165, 1.54) is 24.0 Å². The highest BCUT2D eigenvalue weighted by molar-refractivity contribution is 5.77. The number of hydrogen-bond donors (Lipinski definition) is 0. The topological polar surface area (TPSA) is 32.8 Å². The smallest absolute Gasteiger partial charge is 0.223 e. The van der Waals surface area contributed by atoms with E-state index >= 15 is 0 Å². The van der Waals surface area contributed by atoms with Gasteiger partial charge in [-0.3, -0.25) is 9.69 Å². The normalized spacial score (nSPS) is 22.1. The van der Waals surface area contributed by atoms with E-state index in [2.05, 4.69) is 41.0 Å². The average Bonchev–Trinajstić information content (AvgIpc) is 2.67. The van der Waals surface area contributed by atoms with Crippen LogP contribution in [0.4, 0.5) is 0 Å². The Bertz CT molecular complexity index is 537. The fourth-order valence-electron chi connectivity index (χ4n) is 3.94. The summed E-state index contributed by atoms with van der Waals surface area (Å²) in [5.74, 6) is 0.340. The number of rotatable bonds is 6. The molecule has 138 valence electrons. The summed E-state index contributed by atoms with van der Waals surface area (Å²) >= 11 is 0. The maximum atomic E-state index is 12.8. The number of ether oxygens (including phenoxy) is 1. The molecule has 0 radical (unpaired) electrons. The Hall–Kier alpha value is -1.39. The predicted molar refractivity (Wildman–Crippen MR) is 101 cm³/mol. The van der Waals surface area contributed by atoms with Crippen molar-refractivity contribution >= 4 is 5.91 Å². The Balaban J connectivity index is 1.48. The molecule has 0 bridgehead atoms. The molecule has 0 aromatic heterocycles. The average molecular weight is 344 g/mol. The molecule has 0 saturated carbocycles. The van der Waals surface area contributed by atoms with Crippen LogP contribution >= 0.6 is 0 Å². The van der Waals surface area contributed by atoms with Crippen molar-refractivity contribution < 1.29 is 9.53 Å². The second kappa shape index (κ2) is 9.35. The van der Waals surface area contributed by atoms with Gasteiger partial charge >= 0.3 is 0 Å². The summed E-state index contributed by atoms with van der Waals surface area (Å²) in [4.78, 5) is 17.5.